The lowest BCUT2D eigenvalue weighted by Gasteiger charge is -2.08. The molecular formula is C17H14N2O4S2. The Kier molecular flexibility index (Phi) is 4.67. The Morgan fingerprint density at radius 3 is 2.44 bits per heavy atom. The Hall–Kier alpha value is -2.55. The van der Waals surface area contributed by atoms with Crippen LogP contribution in [0.5, 0.6) is 0 Å². The van der Waals surface area contributed by atoms with E-state index in [1.54, 1.807) is 24.3 Å². The molecule has 0 unspecified atom stereocenters. The zero-order valence-electron chi connectivity index (χ0n) is 12.9. The maximum Gasteiger partial charge on any atom is 0.335 e. The summed E-state index contributed by atoms with van der Waals surface area (Å²) >= 11 is 0.979. The average molecular weight is 374 g/mol. The van der Waals surface area contributed by atoms with E-state index in [0.29, 0.717) is 10.6 Å². The van der Waals surface area contributed by atoms with Crippen molar-refractivity contribution in [2.24, 2.45) is 5.73 Å². The SMILES string of the molecule is NCc1ncc(S(=O)(=O)c2cc(C(=O)O)cc(-c3ccccc3)c2)s1. The van der Waals surface area contributed by atoms with E-state index in [4.69, 9.17) is 5.73 Å². The van der Waals surface area contributed by atoms with Crippen LogP contribution in [0.3, 0.4) is 0 Å². The number of carboxylic acids is 1. The summed E-state index contributed by atoms with van der Waals surface area (Å²) in [5.41, 5.74) is 6.64. The molecule has 1 heterocycles. The van der Waals surface area contributed by atoms with Crippen LogP contribution in [-0.4, -0.2) is 24.5 Å². The monoisotopic (exact) mass is 374 g/mol. The maximum atomic E-state index is 12.9. The van der Waals surface area contributed by atoms with E-state index in [0.717, 1.165) is 23.0 Å². The molecule has 128 valence electrons. The van der Waals surface area contributed by atoms with Gasteiger partial charge in [0.05, 0.1) is 16.7 Å². The van der Waals surface area contributed by atoms with E-state index in [1.165, 1.54) is 18.3 Å². The van der Waals surface area contributed by atoms with Crippen LogP contribution in [0.25, 0.3) is 11.1 Å². The number of thiazole rings is 1. The molecule has 0 aliphatic carbocycles. The molecule has 3 aromatic rings. The molecule has 0 aliphatic heterocycles. The summed E-state index contributed by atoms with van der Waals surface area (Å²) < 4.78 is 25.8. The summed E-state index contributed by atoms with van der Waals surface area (Å²) in [4.78, 5) is 15.3. The van der Waals surface area contributed by atoms with Crippen LogP contribution < -0.4 is 5.73 Å². The third-order valence-corrected chi connectivity index (χ3v) is 6.76. The minimum atomic E-state index is -3.88. The van der Waals surface area contributed by atoms with Gasteiger partial charge in [0.25, 0.3) is 0 Å². The van der Waals surface area contributed by atoms with Crippen molar-refractivity contribution in [1.82, 2.24) is 4.98 Å². The van der Waals surface area contributed by atoms with Gasteiger partial charge in [-0.2, -0.15) is 0 Å². The van der Waals surface area contributed by atoms with Gasteiger partial charge in [-0.15, -0.1) is 11.3 Å². The van der Waals surface area contributed by atoms with Crippen molar-refractivity contribution in [2.75, 3.05) is 0 Å². The first-order valence-electron chi connectivity index (χ1n) is 7.25. The van der Waals surface area contributed by atoms with Crippen LogP contribution in [0.1, 0.15) is 15.4 Å². The first-order valence-corrected chi connectivity index (χ1v) is 9.55. The molecule has 0 saturated heterocycles. The highest BCUT2D eigenvalue weighted by atomic mass is 32.2. The second-order valence-corrected chi connectivity index (χ2v) is 8.49. The molecule has 3 N–H and O–H groups in total. The number of nitrogens with zero attached hydrogens (tertiary/aromatic N) is 1. The van der Waals surface area contributed by atoms with Crippen molar-refractivity contribution in [1.29, 1.82) is 0 Å². The predicted molar refractivity (Wildman–Crippen MR) is 94.3 cm³/mol. The molecule has 0 atom stereocenters. The van der Waals surface area contributed by atoms with Gasteiger partial charge in [-0.25, -0.2) is 18.2 Å². The summed E-state index contributed by atoms with van der Waals surface area (Å²) in [5, 5.41) is 9.83. The van der Waals surface area contributed by atoms with Crippen LogP contribution in [0.2, 0.25) is 0 Å². The fourth-order valence-corrected chi connectivity index (χ4v) is 4.83. The number of hydrogen-bond acceptors (Lipinski definition) is 6. The lowest BCUT2D eigenvalue weighted by atomic mass is 10.0. The lowest BCUT2D eigenvalue weighted by Crippen LogP contribution is -2.04. The van der Waals surface area contributed by atoms with E-state index in [2.05, 4.69) is 4.98 Å². The van der Waals surface area contributed by atoms with Crippen LogP contribution in [-0.2, 0) is 16.4 Å². The molecule has 0 fully saturated rings. The van der Waals surface area contributed by atoms with Gasteiger partial charge in [-0.05, 0) is 29.3 Å². The molecule has 0 spiro atoms. The number of aromatic carboxylic acids is 1. The summed E-state index contributed by atoms with van der Waals surface area (Å²) in [7, 11) is -3.88. The van der Waals surface area contributed by atoms with Gasteiger partial charge in [0.2, 0.25) is 9.84 Å². The molecule has 1 aromatic heterocycles. The molecule has 3 rings (SSSR count). The Balaban J connectivity index is 2.18. The van der Waals surface area contributed by atoms with Gasteiger partial charge in [0.1, 0.15) is 9.22 Å². The molecule has 0 radical (unpaired) electrons. The molecule has 2 aromatic carbocycles. The lowest BCUT2D eigenvalue weighted by molar-refractivity contribution is 0.0696. The highest BCUT2D eigenvalue weighted by molar-refractivity contribution is 7.93. The first-order chi connectivity index (χ1) is 11.9. The zero-order chi connectivity index (χ0) is 18.0. The standard InChI is InChI=1S/C17H14N2O4S2/c18-9-15-19-10-16(24-15)25(22,23)14-7-12(6-13(8-14)17(20)21)11-4-2-1-3-5-11/h1-8,10H,9,18H2,(H,20,21). The smallest absolute Gasteiger partial charge is 0.335 e. The average Bonchev–Trinajstić information content (AvgIpc) is 3.12. The third kappa shape index (κ3) is 3.46. The highest BCUT2D eigenvalue weighted by Gasteiger charge is 2.23. The molecule has 6 nitrogen and oxygen atoms in total. The van der Waals surface area contributed by atoms with Crippen molar-refractivity contribution in [2.45, 2.75) is 15.6 Å². The number of carbonyl (C=O) groups is 1. The number of hydrogen-bond donors (Lipinski definition) is 2. The van der Waals surface area contributed by atoms with Gasteiger partial charge < -0.3 is 10.8 Å². The largest absolute Gasteiger partial charge is 0.478 e. The minimum Gasteiger partial charge on any atom is -0.478 e. The number of benzene rings is 2. The maximum absolute atomic E-state index is 12.9. The molecule has 0 aliphatic rings. The van der Waals surface area contributed by atoms with E-state index in [-0.39, 0.29) is 21.2 Å². The Morgan fingerprint density at radius 2 is 1.84 bits per heavy atom. The Bertz CT molecular complexity index is 1030. The molecule has 8 heteroatoms. The van der Waals surface area contributed by atoms with Crippen molar-refractivity contribution in [3.05, 3.63) is 65.3 Å². The van der Waals surface area contributed by atoms with Crippen LogP contribution in [0, 0.1) is 0 Å². The summed E-state index contributed by atoms with van der Waals surface area (Å²) in [5.74, 6) is -1.19. The molecule has 25 heavy (non-hydrogen) atoms. The van der Waals surface area contributed by atoms with Crippen molar-refractivity contribution < 1.29 is 18.3 Å². The van der Waals surface area contributed by atoms with Gasteiger partial charge in [0.15, 0.2) is 0 Å². The van der Waals surface area contributed by atoms with Crippen LogP contribution in [0.15, 0.2) is 63.8 Å². The topological polar surface area (TPSA) is 110 Å². The first kappa shape index (κ1) is 17.3. The molecule has 0 bridgehead atoms. The Labute approximate surface area is 148 Å². The van der Waals surface area contributed by atoms with Crippen molar-refractivity contribution in [3.8, 4) is 11.1 Å². The van der Waals surface area contributed by atoms with E-state index < -0.39 is 15.8 Å². The van der Waals surface area contributed by atoms with E-state index >= 15 is 0 Å². The summed E-state index contributed by atoms with van der Waals surface area (Å²) in [6, 6.07) is 13.1. The summed E-state index contributed by atoms with van der Waals surface area (Å²) in [6.45, 7) is 0.143. The molecular weight excluding hydrogens is 360 g/mol. The molecule has 0 amide bonds. The van der Waals surface area contributed by atoms with Gasteiger partial charge in [0, 0.05) is 6.54 Å². The molecule has 0 saturated carbocycles. The second kappa shape index (κ2) is 6.75. The summed E-state index contributed by atoms with van der Waals surface area (Å²) in [6.07, 6.45) is 1.25. The van der Waals surface area contributed by atoms with Crippen LogP contribution in [0.4, 0.5) is 0 Å². The second-order valence-electron chi connectivity index (χ2n) is 5.20. The van der Waals surface area contributed by atoms with E-state index in [1.807, 2.05) is 6.07 Å². The third-order valence-electron chi connectivity index (χ3n) is 3.54. The minimum absolute atomic E-state index is 0.0366. The zero-order valence-corrected chi connectivity index (χ0v) is 14.5. The number of aromatic nitrogens is 1. The van der Waals surface area contributed by atoms with Gasteiger partial charge in [-0.1, -0.05) is 30.3 Å². The fourth-order valence-electron chi connectivity index (χ4n) is 2.30. The Morgan fingerprint density at radius 1 is 1.12 bits per heavy atom. The number of rotatable bonds is 5. The van der Waals surface area contributed by atoms with Gasteiger partial charge in [-0.3, -0.25) is 0 Å². The normalized spacial score (nSPS) is 11.4. The number of nitrogens with two attached hydrogens (primary N) is 1. The predicted octanol–water partition coefficient (Wildman–Crippen LogP) is 2.80. The van der Waals surface area contributed by atoms with E-state index in [9.17, 15) is 18.3 Å². The number of carboxylic acid groups (broad SMARTS) is 1. The highest BCUT2D eigenvalue weighted by Crippen LogP contribution is 2.30. The van der Waals surface area contributed by atoms with Crippen molar-refractivity contribution in [3.63, 3.8) is 0 Å². The van der Waals surface area contributed by atoms with Crippen LogP contribution >= 0.6 is 11.3 Å². The number of sulfone groups is 1. The fraction of sp³-hybridized carbons (Fsp3) is 0.0588. The van der Waals surface area contributed by atoms with Gasteiger partial charge >= 0.3 is 5.97 Å². The quantitative estimate of drug-likeness (QED) is 0.710. The van der Waals surface area contributed by atoms with Crippen molar-refractivity contribution >= 4 is 27.1 Å².